The summed E-state index contributed by atoms with van der Waals surface area (Å²) < 4.78 is 31.7. The average molecular weight is 408 g/mol. The van der Waals surface area contributed by atoms with Crippen LogP contribution in [0.2, 0.25) is 0 Å². The number of nitrogens with zero attached hydrogens (tertiary/aromatic N) is 2. The Hall–Kier alpha value is -1.94. The number of halogens is 3. The van der Waals surface area contributed by atoms with Crippen molar-refractivity contribution in [3.05, 3.63) is 21.9 Å². The molecule has 1 aliphatic rings. The van der Waals surface area contributed by atoms with E-state index < -0.39 is 12.1 Å². The Morgan fingerprint density at radius 1 is 1.33 bits per heavy atom. The number of likely N-dealkylation sites (tertiary alicyclic amines) is 1. The van der Waals surface area contributed by atoms with Crippen LogP contribution < -0.4 is 0 Å². The van der Waals surface area contributed by atoms with Gasteiger partial charge in [-0.3, -0.25) is 9.59 Å². The summed E-state index contributed by atoms with van der Waals surface area (Å²) in [4.78, 5) is 37.3. The number of hydrogen-bond donors (Lipinski definition) is 1. The minimum Gasteiger partial charge on any atom is -0.475 e. The Labute approximate surface area is 159 Å². The normalized spacial score (nSPS) is 17.6. The van der Waals surface area contributed by atoms with Gasteiger partial charge in [0, 0.05) is 25.0 Å². The summed E-state index contributed by atoms with van der Waals surface area (Å²) in [6, 6.07) is 2.15. The molecule has 1 aliphatic heterocycles. The van der Waals surface area contributed by atoms with Crippen LogP contribution in [0.4, 0.5) is 13.2 Å². The number of amides is 1. The molecule has 10 heteroatoms. The second kappa shape index (κ2) is 9.84. The molecule has 0 radical (unpaired) electrons. The number of Topliss-reactive ketones (excluding diaryl/α,β-unsaturated/α-hetero) is 1. The first-order valence-corrected chi connectivity index (χ1v) is 9.16. The van der Waals surface area contributed by atoms with Crippen LogP contribution in [0.5, 0.6) is 0 Å². The molecule has 2 rings (SSSR count). The van der Waals surface area contributed by atoms with Gasteiger partial charge in [0.25, 0.3) is 5.91 Å². The highest BCUT2D eigenvalue weighted by molar-refractivity contribution is 7.12. The van der Waals surface area contributed by atoms with Crippen molar-refractivity contribution in [2.24, 2.45) is 0 Å². The first-order valence-electron chi connectivity index (χ1n) is 8.28. The summed E-state index contributed by atoms with van der Waals surface area (Å²) >= 11 is 1.34. The van der Waals surface area contributed by atoms with E-state index in [1.165, 1.54) is 31.1 Å². The molecule has 2 heterocycles. The van der Waals surface area contributed by atoms with Crippen molar-refractivity contribution in [3.8, 4) is 0 Å². The van der Waals surface area contributed by atoms with Crippen LogP contribution in [-0.4, -0.2) is 72.0 Å². The van der Waals surface area contributed by atoms with Gasteiger partial charge in [-0.2, -0.15) is 13.2 Å². The molecule has 1 N–H and O–H groups in total. The number of carboxylic acid groups (broad SMARTS) is 1. The first-order chi connectivity index (χ1) is 12.4. The molecule has 6 nitrogen and oxygen atoms in total. The zero-order valence-corrected chi connectivity index (χ0v) is 16.2. The lowest BCUT2D eigenvalue weighted by Crippen LogP contribution is -2.45. The molecule has 1 saturated heterocycles. The SMILES string of the molecule is CC(=O)c1cc(C(=O)N(C)CC2CCCCN2C)cs1.O=C(O)C(F)(F)F. The van der Waals surface area contributed by atoms with Gasteiger partial charge in [0.1, 0.15) is 0 Å². The zero-order valence-electron chi connectivity index (χ0n) is 15.4. The Kier molecular flexibility index (Phi) is 8.42. The van der Waals surface area contributed by atoms with Crippen LogP contribution >= 0.6 is 11.3 Å². The maximum atomic E-state index is 12.4. The maximum Gasteiger partial charge on any atom is 0.490 e. The van der Waals surface area contributed by atoms with Crippen LogP contribution in [0.25, 0.3) is 0 Å². The van der Waals surface area contributed by atoms with Crippen molar-refractivity contribution in [1.29, 1.82) is 0 Å². The van der Waals surface area contributed by atoms with E-state index >= 15 is 0 Å². The van der Waals surface area contributed by atoms with Crippen molar-refractivity contribution in [3.63, 3.8) is 0 Å². The van der Waals surface area contributed by atoms with E-state index in [-0.39, 0.29) is 11.7 Å². The Bertz CT molecular complexity index is 675. The van der Waals surface area contributed by atoms with Gasteiger partial charge in [0.05, 0.1) is 10.4 Å². The molecule has 0 spiro atoms. The fourth-order valence-corrected chi connectivity index (χ4v) is 3.41. The fourth-order valence-electron chi connectivity index (χ4n) is 2.63. The minimum atomic E-state index is -5.08. The molecular formula is C17H23F3N2O4S. The second-order valence-electron chi connectivity index (χ2n) is 6.37. The number of rotatable bonds is 4. The predicted molar refractivity (Wildman–Crippen MR) is 95.2 cm³/mol. The molecule has 27 heavy (non-hydrogen) atoms. The van der Waals surface area contributed by atoms with Crippen LogP contribution in [-0.2, 0) is 4.79 Å². The minimum absolute atomic E-state index is 0.00715. The highest BCUT2D eigenvalue weighted by Crippen LogP contribution is 2.19. The van der Waals surface area contributed by atoms with Crippen molar-refractivity contribution in [1.82, 2.24) is 9.80 Å². The highest BCUT2D eigenvalue weighted by Gasteiger charge is 2.38. The Morgan fingerprint density at radius 3 is 2.37 bits per heavy atom. The Balaban J connectivity index is 0.000000445. The summed E-state index contributed by atoms with van der Waals surface area (Å²) in [7, 11) is 3.97. The molecule has 1 unspecified atom stereocenters. The topological polar surface area (TPSA) is 77.9 Å². The third kappa shape index (κ3) is 7.30. The van der Waals surface area contributed by atoms with Gasteiger partial charge < -0.3 is 14.9 Å². The van der Waals surface area contributed by atoms with Crippen LogP contribution in [0.15, 0.2) is 11.4 Å². The lowest BCUT2D eigenvalue weighted by atomic mass is 10.0. The molecule has 1 aromatic heterocycles. The van der Waals surface area contributed by atoms with Gasteiger partial charge in [-0.25, -0.2) is 4.79 Å². The quantitative estimate of drug-likeness (QED) is 0.775. The van der Waals surface area contributed by atoms with Crippen LogP contribution in [0.1, 0.15) is 46.2 Å². The van der Waals surface area contributed by atoms with E-state index in [9.17, 15) is 22.8 Å². The van der Waals surface area contributed by atoms with Crippen molar-refractivity contribution in [2.45, 2.75) is 38.4 Å². The summed E-state index contributed by atoms with van der Waals surface area (Å²) in [6.07, 6.45) is -1.45. The van der Waals surface area contributed by atoms with Crippen molar-refractivity contribution >= 4 is 29.0 Å². The Morgan fingerprint density at radius 2 is 1.93 bits per heavy atom. The number of thiophene rings is 1. The third-order valence-corrected chi connectivity index (χ3v) is 5.22. The smallest absolute Gasteiger partial charge is 0.475 e. The molecule has 0 aliphatic carbocycles. The van der Waals surface area contributed by atoms with Gasteiger partial charge in [0.2, 0.25) is 0 Å². The largest absolute Gasteiger partial charge is 0.490 e. The molecule has 1 aromatic rings. The summed E-state index contributed by atoms with van der Waals surface area (Å²) in [5.74, 6) is -2.73. The molecule has 1 amide bonds. The molecule has 1 atom stereocenters. The lowest BCUT2D eigenvalue weighted by molar-refractivity contribution is -0.192. The molecule has 0 bridgehead atoms. The maximum absolute atomic E-state index is 12.4. The van der Waals surface area contributed by atoms with Crippen molar-refractivity contribution in [2.75, 3.05) is 27.2 Å². The molecule has 1 fully saturated rings. The van der Waals surface area contributed by atoms with Crippen LogP contribution in [0.3, 0.4) is 0 Å². The first kappa shape index (κ1) is 23.1. The monoisotopic (exact) mass is 408 g/mol. The number of alkyl halides is 3. The second-order valence-corrected chi connectivity index (χ2v) is 7.29. The molecule has 0 aromatic carbocycles. The molecular weight excluding hydrogens is 385 g/mol. The number of carboxylic acids is 1. The van der Waals surface area contributed by atoms with Gasteiger partial charge in [-0.05, 0) is 39.4 Å². The number of piperidine rings is 1. The summed E-state index contributed by atoms with van der Waals surface area (Å²) in [5.41, 5.74) is 0.626. The number of aliphatic carboxylic acids is 1. The molecule has 152 valence electrons. The molecule has 0 saturated carbocycles. The van der Waals surface area contributed by atoms with Gasteiger partial charge in [-0.1, -0.05) is 6.42 Å². The average Bonchev–Trinajstić information content (AvgIpc) is 3.06. The van der Waals surface area contributed by atoms with Gasteiger partial charge >= 0.3 is 12.1 Å². The highest BCUT2D eigenvalue weighted by atomic mass is 32.1. The van der Waals surface area contributed by atoms with E-state index in [1.807, 2.05) is 7.05 Å². The van der Waals surface area contributed by atoms with E-state index in [4.69, 9.17) is 9.90 Å². The zero-order chi connectivity index (χ0) is 20.8. The van der Waals surface area contributed by atoms with Crippen molar-refractivity contribution < 1.29 is 32.7 Å². The summed E-state index contributed by atoms with van der Waals surface area (Å²) in [6.45, 7) is 3.39. The number of ketones is 1. The van der Waals surface area contributed by atoms with E-state index in [2.05, 4.69) is 11.9 Å². The number of carbonyl (C=O) groups is 3. The van der Waals surface area contributed by atoms with E-state index in [0.717, 1.165) is 19.5 Å². The third-order valence-electron chi connectivity index (χ3n) is 4.19. The van der Waals surface area contributed by atoms with Crippen LogP contribution in [0, 0.1) is 0 Å². The summed E-state index contributed by atoms with van der Waals surface area (Å²) in [5, 5.41) is 8.90. The van der Waals surface area contributed by atoms with Gasteiger partial charge in [0.15, 0.2) is 5.78 Å². The lowest BCUT2D eigenvalue weighted by Gasteiger charge is -2.35. The number of carbonyl (C=O) groups excluding carboxylic acids is 2. The standard InChI is InChI=1S/C15H22N2O2S.C2HF3O2/c1-11(18)14-8-12(10-20-14)15(19)17(3)9-13-6-4-5-7-16(13)2;3-2(4,5)1(6)7/h8,10,13H,4-7,9H2,1-3H3;(H,6,7). The fraction of sp³-hybridized carbons (Fsp3) is 0.588. The number of hydrogen-bond acceptors (Lipinski definition) is 5. The van der Waals surface area contributed by atoms with E-state index in [0.29, 0.717) is 16.5 Å². The number of likely N-dealkylation sites (N-methyl/N-ethyl adjacent to an activating group) is 2. The van der Waals surface area contributed by atoms with E-state index in [1.54, 1.807) is 16.3 Å². The predicted octanol–water partition coefficient (Wildman–Crippen LogP) is 3.14. The van der Waals surface area contributed by atoms with Gasteiger partial charge in [-0.15, -0.1) is 11.3 Å².